The molecule has 7 nitrogen and oxygen atoms in total. The van der Waals surface area contributed by atoms with Gasteiger partial charge in [-0.3, -0.25) is 5.10 Å². The zero-order chi connectivity index (χ0) is 18.4. The van der Waals surface area contributed by atoms with E-state index in [4.69, 9.17) is 4.74 Å². The van der Waals surface area contributed by atoms with Gasteiger partial charge in [-0.15, -0.1) is 0 Å². The minimum absolute atomic E-state index is 0.0393. The zero-order valence-corrected chi connectivity index (χ0v) is 15.4. The van der Waals surface area contributed by atoms with Gasteiger partial charge in [0.2, 0.25) is 0 Å². The monoisotopic (exact) mass is 357 g/mol. The Bertz CT molecular complexity index is 703. The predicted octanol–water partition coefficient (Wildman–Crippen LogP) is 3.10. The third-order valence-electron chi connectivity index (χ3n) is 4.91. The molecule has 1 aromatic carbocycles. The van der Waals surface area contributed by atoms with Crippen molar-refractivity contribution in [3.8, 4) is 5.75 Å². The van der Waals surface area contributed by atoms with E-state index in [1.54, 1.807) is 0 Å². The van der Waals surface area contributed by atoms with Crippen LogP contribution in [0.3, 0.4) is 0 Å². The first kappa shape index (κ1) is 18.2. The molecular weight excluding hydrogens is 330 g/mol. The number of piperidine rings is 1. The van der Waals surface area contributed by atoms with Crippen LogP contribution in [0.2, 0.25) is 0 Å². The smallest absolute Gasteiger partial charge is 0.318 e. The normalized spacial score (nSPS) is 20.0. The van der Waals surface area contributed by atoms with Gasteiger partial charge in [0.05, 0.1) is 6.54 Å². The largest absolute Gasteiger partial charge is 0.486 e. The molecule has 0 aliphatic carbocycles. The fourth-order valence-corrected chi connectivity index (χ4v) is 3.20. The molecule has 1 fully saturated rings. The van der Waals surface area contributed by atoms with E-state index in [1.807, 2.05) is 35.2 Å². The molecule has 140 valence electrons. The Balaban J connectivity index is 1.47. The lowest BCUT2D eigenvalue weighted by Crippen LogP contribution is -2.49. The first-order chi connectivity index (χ1) is 12.7. The summed E-state index contributed by atoms with van der Waals surface area (Å²) < 4.78 is 5.64. The Hall–Kier alpha value is -2.57. The van der Waals surface area contributed by atoms with Crippen LogP contribution in [0.1, 0.15) is 44.8 Å². The molecule has 3 rings (SSSR count). The van der Waals surface area contributed by atoms with Crippen LogP contribution in [-0.4, -0.2) is 38.7 Å². The number of benzene rings is 1. The third-order valence-corrected chi connectivity index (χ3v) is 4.91. The molecule has 1 aromatic heterocycles. The number of para-hydroxylation sites is 1. The van der Waals surface area contributed by atoms with Gasteiger partial charge < -0.3 is 15.0 Å². The highest BCUT2D eigenvalue weighted by Crippen LogP contribution is 2.23. The van der Waals surface area contributed by atoms with Crippen molar-refractivity contribution in [3.05, 3.63) is 42.0 Å². The molecule has 0 unspecified atom stereocenters. The highest BCUT2D eigenvalue weighted by atomic mass is 16.5. The Kier molecular flexibility index (Phi) is 6.09. The van der Waals surface area contributed by atoms with E-state index in [0.29, 0.717) is 30.7 Å². The highest BCUT2D eigenvalue weighted by molar-refractivity contribution is 5.74. The Labute approximate surface area is 154 Å². The number of urea groups is 1. The number of amides is 2. The quantitative estimate of drug-likeness (QED) is 0.832. The van der Waals surface area contributed by atoms with Crippen LogP contribution in [-0.2, 0) is 13.2 Å². The van der Waals surface area contributed by atoms with E-state index >= 15 is 0 Å². The summed E-state index contributed by atoms with van der Waals surface area (Å²) in [6.45, 7) is 5.74. The standard InChI is InChI=1S/C19H27N5O2/c1-3-15-10-9-14(2)24(12-15)19(25)20-11-17-21-18(23-22-17)13-26-16-7-5-4-6-8-16/h4-8,14-15H,3,9-13H2,1-2H3,(H,20,25)(H,21,22,23)/t14-,15-/m1/s1. The van der Waals surface area contributed by atoms with Gasteiger partial charge in [-0.25, -0.2) is 9.78 Å². The molecule has 1 aliphatic heterocycles. The predicted molar refractivity (Wildman–Crippen MR) is 98.6 cm³/mol. The van der Waals surface area contributed by atoms with Gasteiger partial charge in [0.25, 0.3) is 0 Å². The summed E-state index contributed by atoms with van der Waals surface area (Å²) in [4.78, 5) is 18.8. The second kappa shape index (κ2) is 8.69. The molecule has 0 bridgehead atoms. The Morgan fingerprint density at radius 1 is 1.35 bits per heavy atom. The van der Waals surface area contributed by atoms with E-state index in [1.165, 1.54) is 6.42 Å². The van der Waals surface area contributed by atoms with Crippen molar-refractivity contribution in [2.75, 3.05) is 6.54 Å². The van der Waals surface area contributed by atoms with Crippen LogP contribution < -0.4 is 10.1 Å². The van der Waals surface area contributed by atoms with Crippen LogP contribution in [0, 0.1) is 5.92 Å². The fraction of sp³-hybridized carbons (Fsp3) is 0.526. The summed E-state index contributed by atoms with van der Waals surface area (Å²) in [5.41, 5.74) is 0. The maximum absolute atomic E-state index is 12.5. The van der Waals surface area contributed by atoms with Crippen molar-refractivity contribution in [3.63, 3.8) is 0 Å². The molecule has 26 heavy (non-hydrogen) atoms. The number of hydrogen-bond donors (Lipinski definition) is 2. The van der Waals surface area contributed by atoms with Crippen LogP contribution in [0.4, 0.5) is 4.79 Å². The summed E-state index contributed by atoms with van der Waals surface area (Å²) in [7, 11) is 0. The van der Waals surface area contributed by atoms with Gasteiger partial charge in [0.15, 0.2) is 11.6 Å². The lowest BCUT2D eigenvalue weighted by molar-refractivity contribution is 0.129. The second-order valence-corrected chi connectivity index (χ2v) is 6.81. The zero-order valence-electron chi connectivity index (χ0n) is 15.4. The van der Waals surface area contributed by atoms with Crippen LogP contribution in [0.25, 0.3) is 0 Å². The number of carbonyl (C=O) groups excluding carboxylic acids is 1. The molecule has 1 saturated heterocycles. The van der Waals surface area contributed by atoms with Crippen molar-refractivity contribution in [1.82, 2.24) is 25.4 Å². The van der Waals surface area contributed by atoms with Crippen LogP contribution >= 0.6 is 0 Å². The first-order valence-corrected chi connectivity index (χ1v) is 9.28. The SMILES string of the molecule is CC[C@@H]1CC[C@@H](C)N(C(=O)NCc2n[nH]c(COc3ccccc3)n2)C1. The fourth-order valence-electron chi connectivity index (χ4n) is 3.20. The second-order valence-electron chi connectivity index (χ2n) is 6.81. The molecule has 2 amide bonds. The van der Waals surface area contributed by atoms with E-state index in [9.17, 15) is 4.79 Å². The number of rotatable bonds is 6. The Morgan fingerprint density at radius 2 is 2.15 bits per heavy atom. The maximum Gasteiger partial charge on any atom is 0.318 e. The molecule has 1 aliphatic rings. The molecule has 0 spiro atoms. The number of likely N-dealkylation sites (tertiary alicyclic amines) is 1. The molecule has 0 saturated carbocycles. The summed E-state index contributed by atoms with van der Waals surface area (Å²) >= 11 is 0. The Morgan fingerprint density at radius 3 is 2.92 bits per heavy atom. The van der Waals surface area contributed by atoms with Gasteiger partial charge in [0, 0.05) is 12.6 Å². The molecule has 2 aromatic rings. The lowest BCUT2D eigenvalue weighted by atomic mass is 9.92. The summed E-state index contributed by atoms with van der Waals surface area (Å²) in [5, 5.41) is 9.93. The van der Waals surface area contributed by atoms with Crippen molar-refractivity contribution in [2.45, 2.75) is 52.3 Å². The van der Waals surface area contributed by atoms with Gasteiger partial charge in [-0.1, -0.05) is 31.5 Å². The van der Waals surface area contributed by atoms with Crippen LogP contribution in [0.5, 0.6) is 5.75 Å². The van der Waals surface area contributed by atoms with Crippen molar-refractivity contribution >= 4 is 6.03 Å². The molecule has 2 N–H and O–H groups in total. The van der Waals surface area contributed by atoms with Crippen molar-refractivity contribution in [2.24, 2.45) is 5.92 Å². The summed E-state index contributed by atoms with van der Waals surface area (Å²) in [6, 6.07) is 9.79. The third kappa shape index (κ3) is 4.74. The average Bonchev–Trinajstić information content (AvgIpc) is 3.13. The van der Waals surface area contributed by atoms with Crippen molar-refractivity contribution < 1.29 is 9.53 Å². The number of carbonyl (C=O) groups is 1. The minimum atomic E-state index is -0.0393. The van der Waals surface area contributed by atoms with E-state index in [-0.39, 0.29) is 12.1 Å². The number of aromatic amines is 1. The molecule has 7 heteroatoms. The molecule has 0 radical (unpaired) electrons. The number of aromatic nitrogens is 3. The average molecular weight is 357 g/mol. The van der Waals surface area contributed by atoms with Crippen molar-refractivity contribution in [1.29, 1.82) is 0 Å². The minimum Gasteiger partial charge on any atom is -0.486 e. The van der Waals surface area contributed by atoms with Gasteiger partial charge in [0.1, 0.15) is 12.4 Å². The number of ether oxygens (including phenoxy) is 1. The maximum atomic E-state index is 12.5. The number of hydrogen-bond acceptors (Lipinski definition) is 4. The summed E-state index contributed by atoms with van der Waals surface area (Å²) in [6.07, 6.45) is 3.38. The number of nitrogens with zero attached hydrogens (tertiary/aromatic N) is 3. The van der Waals surface area contributed by atoms with E-state index < -0.39 is 0 Å². The molecule has 2 heterocycles. The van der Waals surface area contributed by atoms with Gasteiger partial charge >= 0.3 is 6.03 Å². The first-order valence-electron chi connectivity index (χ1n) is 9.28. The molecule has 2 atom stereocenters. The topological polar surface area (TPSA) is 83.1 Å². The van der Waals surface area contributed by atoms with Gasteiger partial charge in [-0.05, 0) is 37.8 Å². The van der Waals surface area contributed by atoms with E-state index in [0.717, 1.165) is 25.1 Å². The summed E-state index contributed by atoms with van der Waals surface area (Å²) in [5.74, 6) is 2.57. The van der Waals surface area contributed by atoms with Crippen LogP contribution in [0.15, 0.2) is 30.3 Å². The lowest BCUT2D eigenvalue weighted by Gasteiger charge is -2.37. The van der Waals surface area contributed by atoms with Gasteiger partial charge in [-0.2, -0.15) is 5.10 Å². The highest BCUT2D eigenvalue weighted by Gasteiger charge is 2.28. The molecular formula is C19H27N5O2. The number of nitrogens with one attached hydrogen (secondary N) is 2. The number of H-pyrrole nitrogens is 1. The van der Waals surface area contributed by atoms with E-state index in [2.05, 4.69) is 34.3 Å².